The Bertz CT molecular complexity index is 1110. The number of para-hydroxylation sites is 1. The van der Waals surface area contributed by atoms with Crippen LogP contribution in [0.3, 0.4) is 0 Å². The highest BCUT2D eigenvalue weighted by atomic mass is 16.6. The highest BCUT2D eigenvalue weighted by molar-refractivity contribution is 5.99. The van der Waals surface area contributed by atoms with E-state index in [9.17, 15) is 19.2 Å². The maximum Gasteiger partial charge on any atom is 0.420 e. The Hall–Kier alpha value is -3.56. The summed E-state index contributed by atoms with van der Waals surface area (Å²) in [5, 5.41) is 0.543. The summed E-state index contributed by atoms with van der Waals surface area (Å²) < 4.78 is 22.3. The van der Waals surface area contributed by atoms with Gasteiger partial charge in [-0.05, 0) is 47.6 Å². The number of hydrogen-bond donors (Lipinski definition) is 0. The number of amides is 2. The molecule has 3 rings (SSSR count). The van der Waals surface area contributed by atoms with Crippen molar-refractivity contribution in [1.82, 2.24) is 9.47 Å². The summed E-state index contributed by atoms with van der Waals surface area (Å²) in [5.74, 6) is -0.870. The Morgan fingerprint density at radius 2 is 1.52 bits per heavy atom. The first-order valence-electron chi connectivity index (χ1n) is 10.4. The minimum Gasteiger partial charge on any atom is -0.467 e. The molecule has 0 bridgehead atoms. The molecule has 1 aliphatic rings. The second kappa shape index (κ2) is 8.42. The fraction of sp³-hybridized carbons (Fsp3) is 0.478. The van der Waals surface area contributed by atoms with Gasteiger partial charge in [0.15, 0.2) is 12.1 Å². The molecule has 10 heteroatoms. The van der Waals surface area contributed by atoms with E-state index in [-0.39, 0.29) is 0 Å². The van der Waals surface area contributed by atoms with Gasteiger partial charge in [-0.2, -0.15) is 4.90 Å². The molecule has 2 aromatic rings. The number of fused-ring (bicyclic) bond motifs is 1. The molecule has 0 N–H and O–H groups in total. The van der Waals surface area contributed by atoms with Crippen LogP contribution in [0, 0.1) is 0 Å². The molecule has 0 saturated carbocycles. The van der Waals surface area contributed by atoms with Gasteiger partial charge < -0.3 is 18.9 Å². The number of benzene rings is 1. The van der Waals surface area contributed by atoms with Crippen molar-refractivity contribution in [3.05, 3.63) is 36.0 Å². The molecule has 10 nitrogen and oxygen atoms in total. The second-order valence-electron chi connectivity index (χ2n) is 9.57. The van der Waals surface area contributed by atoms with Gasteiger partial charge >= 0.3 is 24.2 Å². The second-order valence-corrected chi connectivity index (χ2v) is 9.57. The molecule has 2 heterocycles. The Morgan fingerprint density at radius 3 is 2.09 bits per heavy atom. The van der Waals surface area contributed by atoms with Gasteiger partial charge in [-0.25, -0.2) is 19.2 Å². The van der Waals surface area contributed by atoms with Crippen molar-refractivity contribution in [3.63, 3.8) is 0 Å². The molecule has 0 unspecified atom stereocenters. The third kappa shape index (κ3) is 4.94. The highest BCUT2D eigenvalue weighted by Crippen LogP contribution is 2.38. The van der Waals surface area contributed by atoms with E-state index >= 15 is 0 Å². The van der Waals surface area contributed by atoms with Crippen LogP contribution in [0.2, 0.25) is 0 Å². The topological polar surface area (TPSA) is 113 Å². The molecule has 1 aliphatic heterocycles. The summed E-state index contributed by atoms with van der Waals surface area (Å²) in [4.78, 5) is 51.5. The lowest BCUT2D eigenvalue weighted by molar-refractivity contribution is -0.146. The lowest BCUT2D eigenvalue weighted by Gasteiger charge is -2.25. The van der Waals surface area contributed by atoms with Crippen LogP contribution in [0.4, 0.5) is 14.4 Å². The number of carbonyl (C=O) groups is 4. The molecule has 1 fully saturated rings. The highest BCUT2D eigenvalue weighted by Gasteiger charge is 2.53. The Morgan fingerprint density at radius 1 is 0.939 bits per heavy atom. The number of hydrogen-bond acceptors (Lipinski definition) is 8. The zero-order valence-electron chi connectivity index (χ0n) is 19.7. The molecule has 0 aliphatic carbocycles. The van der Waals surface area contributed by atoms with Gasteiger partial charge in [-0.3, -0.25) is 4.57 Å². The summed E-state index contributed by atoms with van der Waals surface area (Å²) >= 11 is 0. The zero-order chi connectivity index (χ0) is 24.7. The van der Waals surface area contributed by atoms with E-state index in [1.54, 1.807) is 65.8 Å². The SMILES string of the molecule is COC(=O)[C@@H]1[C@@H](c2cn(C(=O)OC(C)(C)C)c3ccccc23)OC(=O)N1C(=O)OC(C)(C)C. The van der Waals surface area contributed by atoms with Crippen LogP contribution in [-0.4, -0.2) is 58.1 Å². The van der Waals surface area contributed by atoms with Crippen molar-refractivity contribution in [2.45, 2.75) is 64.9 Å². The molecule has 178 valence electrons. The number of carbonyl (C=O) groups excluding carboxylic acids is 4. The number of cyclic esters (lactones) is 1. The molecule has 2 atom stereocenters. The average molecular weight is 460 g/mol. The number of ether oxygens (including phenoxy) is 4. The number of aromatic nitrogens is 1. The maximum atomic E-state index is 12.8. The first kappa shape index (κ1) is 24.1. The van der Waals surface area contributed by atoms with Gasteiger partial charge in [0.25, 0.3) is 0 Å². The lowest BCUT2D eigenvalue weighted by Crippen LogP contribution is -2.47. The summed E-state index contributed by atoms with van der Waals surface area (Å²) in [6, 6.07) is 5.43. The van der Waals surface area contributed by atoms with Crippen LogP contribution in [-0.2, 0) is 23.7 Å². The Labute approximate surface area is 191 Å². The fourth-order valence-electron chi connectivity index (χ4n) is 3.46. The first-order valence-corrected chi connectivity index (χ1v) is 10.4. The predicted octanol–water partition coefficient (Wildman–Crippen LogP) is 4.39. The van der Waals surface area contributed by atoms with Crippen LogP contribution in [0.15, 0.2) is 30.5 Å². The van der Waals surface area contributed by atoms with Gasteiger partial charge in [0.1, 0.15) is 11.2 Å². The van der Waals surface area contributed by atoms with Crippen LogP contribution in [0.5, 0.6) is 0 Å². The van der Waals surface area contributed by atoms with Crippen LogP contribution >= 0.6 is 0 Å². The summed E-state index contributed by atoms with van der Waals surface area (Å²) in [6.07, 6.45) is -2.54. The van der Waals surface area contributed by atoms with Crippen LogP contribution in [0.1, 0.15) is 53.2 Å². The van der Waals surface area contributed by atoms with Crippen molar-refractivity contribution in [2.24, 2.45) is 0 Å². The van der Waals surface area contributed by atoms with Crippen molar-refractivity contribution >= 4 is 35.2 Å². The van der Waals surface area contributed by atoms with E-state index in [0.717, 1.165) is 7.11 Å². The van der Waals surface area contributed by atoms with E-state index in [0.29, 0.717) is 21.4 Å². The molecule has 1 aromatic heterocycles. The first-order chi connectivity index (χ1) is 15.2. The standard InChI is InChI=1S/C23H28N2O8/c1-22(2,3)32-19(27)24-12-14(13-10-8-9-11-15(13)24)17-16(18(26)30-7)25(20(28)31-17)21(29)33-23(4,5)6/h8-12,16-17H,1-7H3/t16-,17+/m0/s1. The summed E-state index contributed by atoms with van der Waals surface area (Å²) in [7, 11) is 1.14. The largest absolute Gasteiger partial charge is 0.467 e. The molecule has 0 spiro atoms. The van der Waals surface area contributed by atoms with E-state index < -0.39 is 47.6 Å². The van der Waals surface area contributed by atoms with Crippen LogP contribution < -0.4 is 0 Å². The van der Waals surface area contributed by atoms with Crippen molar-refractivity contribution < 1.29 is 38.1 Å². The van der Waals surface area contributed by atoms with E-state index in [4.69, 9.17) is 18.9 Å². The summed E-state index contributed by atoms with van der Waals surface area (Å²) in [5.41, 5.74) is -0.837. The number of nitrogens with zero attached hydrogens (tertiary/aromatic N) is 2. The lowest BCUT2D eigenvalue weighted by atomic mass is 10.0. The van der Waals surface area contributed by atoms with Gasteiger partial charge in [-0.15, -0.1) is 0 Å². The van der Waals surface area contributed by atoms with Crippen molar-refractivity contribution in [1.29, 1.82) is 0 Å². The molecular weight excluding hydrogens is 432 g/mol. The monoisotopic (exact) mass is 460 g/mol. The van der Waals surface area contributed by atoms with E-state index in [1.165, 1.54) is 10.8 Å². The molecule has 0 radical (unpaired) electrons. The number of imide groups is 1. The maximum absolute atomic E-state index is 12.8. The molecule has 2 amide bonds. The molecular formula is C23H28N2O8. The summed E-state index contributed by atoms with van der Waals surface area (Å²) in [6.45, 7) is 10.1. The fourth-order valence-corrected chi connectivity index (χ4v) is 3.46. The minimum atomic E-state index is -1.45. The van der Waals surface area contributed by atoms with Gasteiger partial charge in [0, 0.05) is 17.1 Å². The minimum absolute atomic E-state index is 0.339. The third-order valence-corrected chi connectivity index (χ3v) is 4.66. The number of methoxy groups -OCH3 is 1. The quantitative estimate of drug-likeness (QED) is 0.479. The van der Waals surface area contributed by atoms with E-state index in [2.05, 4.69) is 0 Å². The van der Waals surface area contributed by atoms with Crippen LogP contribution in [0.25, 0.3) is 10.9 Å². The number of esters is 1. The number of rotatable bonds is 2. The normalized spacial score (nSPS) is 18.8. The zero-order valence-corrected chi connectivity index (χ0v) is 19.7. The molecule has 1 aromatic carbocycles. The van der Waals surface area contributed by atoms with Gasteiger partial charge in [0.2, 0.25) is 0 Å². The van der Waals surface area contributed by atoms with Crippen molar-refractivity contribution in [2.75, 3.05) is 7.11 Å². The van der Waals surface area contributed by atoms with Crippen molar-refractivity contribution in [3.8, 4) is 0 Å². The van der Waals surface area contributed by atoms with Gasteiger partial charge in [-0.1, -0.05) is 18.2 Å². The smallest absolute Gasteiger partial charge is 0.420 e. The molecule has 1 saturated heterocycles. The molecule has 33 heavy (non-hydrogen) atoms. The predicted molar refractivity (Wildman–Crippen MR) is 117 cm³/mol. The Balaban J connectivity index is 2.10. The van der Waals surface area contributed by atoms with Gasteiger partial charge in [0.05, 0.1) is 12.6 Å². The average Bonchev–Trinajstić information content (AvgIpc) is 3.22. The third-order valence-electron chi connectivity index (χ3n) is 4.66. The van der Waals surface area contributed by atoms with E-state index in [1.807, 2.05) is 0 Å². The Kier molecular flexibility index (Phi) is 6.14.